The molecule has 0 aliphatic carbocycles. The number of anilines is 3. The summed E-state index contributed by atoms with van der Waals surface area (Å²) < 4.78 is 41.3. The molecule has 0 saturated carbocycles. The topological polar surface area (TPSA) is 8.17 Å². The highest BCUT2D eigenvalue weighted by atomic mass is 15.1. The minimum Gasteiger partial charge on any atom is -0.336 e. The molecule has 0 aliphatic rings. The van der Waals surface area contributed by atoms with Gasteiger partial charge in [-0.05, 0) is 122 Å². The number of hydrogen-bond acceptors (Lipinski definition) is 1. The van der Waals surface area contributed by atoms with Crippen LogP contribution in [0.3, 0.4) is 0 Å². The minimum absolute atomic E-state index is 0.105. The Morgan fingerprint density at radius 3 is 1.51 bits per heavy atom. The Morgan fingerprint density at radius 1 is 0.317 bits per heavy atom. The summed E-state index contributed by atoms with van der Waals surface area (Å²) in [6.45, 7) is 0.653. The predicted octanol–water partition coefficient (Wildman–Crippen LogP) is 16.6. The van der Waals surface area contributed by atoms with Crippen LogP contribution in [0.5, 0.6) is 0 Å². The molecular formula is C61H44N2. The van der Waals surface area contributed by atoms with Crippen molar-refractivity contribution in [1.29, 1.82) is 0 Å². The third kappa shape index (κ3) is 7.49. The second-order valence-electron chi connectivity index (χ2n) is 15.8. The summed E-state index contributed by atoms with van der Waals surface area (Å²) in [7, 11) is 0. The zero-order valence-corrected chi connectivity index (χ0v) is 34.5. The van der Waals surface area contributed by atoms with Gasteiger partial charge in [-0.25, -0.2) is 0 Å². The van der Waals surface area contributed by atoms with Crippen molar-refractivity contribution in [2.75, 3.05) is 4.90 Å². The Morgan fingerprint density at radius 2 is 0.825 bits per heavy atom. The number of para-hydroxylation sites is 1. The summed E-state index contributed by atoms with van der Waals surface area (Å²) in [5.41, 5.74) is 14.3. The van der Waals surface area contributed by atoms with Gasteiger partial charge in [0, 0.05) is 45.4 Å². The molecule has 2 heteroatoms. The number of hydrogen-bond donors (Lipinski definition) is 0. The largest absolute Gasteiger partial charge is 0.336 e. The number of nitrogens with zero attached hydrogens (tertiary/aromatic N) is 2. The van der Waals surface area contributed by atoms with Gasteiger partial charge < -0.3 is 9.47 Å². The first-order valence-corrected chi connectivity index (χ1v) is 21.4. The Labute approximate surface area is 374 Å². The molecule has 0 bridgehead atoms. The van der Waals surface area contributed by atoms with Gasteiger partial charge in [0.05, 0.1) is 5.48 Å². The molecule has 0 saturated heterocycles. The summed E-state index contributed by atoms with van der Waals surface area (Å²) in [6, 6.07) is 78.0. The van der Waals surface area contributed by atoms with Crippen LogP contribution in [0.2, 0.25) is 0 Å². The molecule has 0 radical (unpaired) electrons. The lowest BCUT2D eigenvalue weighted by Crippen LogP contribution is -2.10. The van der Waals surface area contributed by atoms with Gasteiger partial charge in [0.2, 0.25) is 0 Å². The van der Waals surface area contributed by atoms with Crippen molar-refractivity contribution in [2.45, 2.75) is 6.54 Å². The molecule has 1 heterocycles. The lowest BCUT2D eigenvalue weighted by atomic mass is 9.93. The highest BCUT2D eigenvalue weighted by Gasteiger charge is 2.18. The van der Waals surface area contributed by atoms with E-state index in [9.17, 15) is 5.48 Å². The fourth-order valence-corrected chi connectivity index (χ4v) is 8.84. The van der Waals surface area contributed by atoms with Crippen LogP contribution in [-0.2, 0) is 6.54 Å². The predicted molar refractivity (Wildman–Crippen MR) is 267 cm³/mol. The first-order valence-electron chi connectivity index (χ1n) is 23.4. The van der Waals surface area contributed by atoms with Crippen LogP contribution in [0.25, 0.3) is 77.4 Å². The van der Waals surface area contributed by atoms with Gasteiger partial charge in [0.25, 0.3) is 0 Å². The van der Waals surface area contributed by atoms with Crippen molar-refractivity contribution >= 4 is 38.9 Å². The maximum Gasteiger partial charge on any atom is 0.0645 e. The highest BCUT2D eigenvalue weighted by Crippen LogP contribution is 2.42. The average Bonchev–Trinajstić information content (AvgIpc) is 3.70. The molecule has 11 aromatic rings. The second kappa shape index (κ2) is 16.7. The van der Waals surface area contributed by atoms with Gasteiger partial charge in [-0.2, -0.15) is 0 Å². The SMILES string of the molecule is [2H]c1c([2H])c(N(c2ccc(-c3ccccc3)cc2)c2ccc(-c3ccccc3)c(-c3ccccc3)c2)c([2H])c([2H])c1-c1ccc2c(c1)c1ccccc1n2Cc1cccc(-c2ccccc2)c1. The third-order valence-electron chi connectivity index (χ3n) is 11.9. The van der Waals surface area contributed by atoms with Gasteiger partial charge in [0.1, 0.15) is 0 Å². The number of fused-ring (bicyclic) bond motifs is 3. The van der Waals surface area contributed by atoms with Gasteiger partial charge in [-0.15, -0.1) is 0 Å². The van der Waals surface area contributed by atoms with Crippen LogP contribution in [0, 0.1) is 0 Å². The summed E-state index contributed by atoms with van der Waals surface area (Å²) in [6.07, 6.45) is 0. The van der Waals surface area contributed by atoms with Crippen LogP contribution in [0.1, 0.15) is 11.0 Å². The molecule has 298 valence electrons. The quantitative estimate of drug-likeness (QED) is 0.134. The van der Waals surface area contributed by atoms with E-state index in [1.165, 1.54) is 11.1 Å². The van der Waals surface area contributed by atoms with E-state index in [2.05, 4.69) is 126 Å². The van der Waals surface area contributed by atoms with Gasteiger partial charge in [0.15, 0.2) is 0 Å². The van der Waals surface area contributed by atoms with E-state index in [0.717, 1.165) is 60.8 Å². The fourth-order valence-electron chi connectivity index (χ4n) is 8.84. The van der Waals surface area contributed by atoms with E-state index in [1.807, 2.05) is 114 Å². The summed E-state index contributed by atoms with van der Waals surface area (Å²) >= 11 is 0. The summed E-state index contributed by atoms with van der Waals surface area (Å²) in [5, 5.41) is 2.05. The number of aromatic nitrogens is 1. The van der Waals surface area contributed by atoms with Gasteiger partial charge in [-0.3, -0.25) is 0 Å². The molecule has 0 atom stereocenters. The molecule has 0 fully saturated rings. The monoisotopic (exact) mass is 808 g/mol. The zero-order valence-electron chi connectivity index (χ0n) is 38.5. The van der Waals surface area contributed by atoms with Crippen LogP contribution in [0.4, 0.5) is 17.1 Å². The number of benzene rings is 10. The van der Waals surface area contributed by atoms with Crippen LogP contribution < -0.4 is 4.90 Å². The highest BCUT2D eigenvalue weighted by molar-refractivity contribution is 6.09. The second-order valence-corrected chi connectivity index (χ2v) is 15.8. The molecule has 11 rings (SSSR count). The molecule has 0 aliphatic heterocycles. The Hall–Kier alpha value is -8.20. The lowest BCUT2D eigenvalue weighted by Gasteiger charge is -2.27. The molecule has 0 spiro atoms. The Balaban J connectivity index is 1.05. The molecule has 1 aromatic heterocycles. The van der Waals surface area contributed by atoms with E-state index in [0.29, 0.717) is 23.5 Å². The van der Waals surface area contributed by atoms with Crippen molar-refractivity contribution in [3.05, 3.63) is 260 Å². The molecule has 0 amide bonds. The van der Waals surface area contributed by atoms with E-state index in [4.69, 9.17) is 0 Å². The maximum atomic E-state index is 9.79. The van der Waals surface area contributed by atoms with E-state index >= 15 is 0 Å². The van der Waals surface area contributed by atoms with E-state index in [1.54, 1.807) is 0 Å². The molecular weight excluding hydrogens is 761 g/mol. The van der Waals surface area contributed by atoms with Crippen molar-refractivity contribution in [3.63, 3.8) is 0 Å². The zero-order chi connectivity index (χ0) is 45.4. The molecule has 0 N–H and O–H groups in total. The normalized spacial score (nSPS) is 12.1. The number of rotatable bonds is 10. The average molecular weight is 809 g/mol. The van der Waals surface area contributed by atoms with Crippen LogP contribution in [-0.4, -0.2) is 4.57 Å². The van der Waals surface area contributed by atoms with Gasteiger partial charge >= 0.3 is 0 Å². The first kappa shape index (κ1) is 33.5. The van der Waals surface area contributed by atoms with Gasteiger partial charge in [-0.1, -0.05) is 194 Å². The maximum absolute atomic E-state index is 9.79. The van der Waals surface area contributed by atoms with Crippen LogP contribution in [0.15, 0.2) is 255 Å². The molecule has 10 aromatic carbocycles. The molecule has 63 heavy (non-hydrogen) atoms. The summed E-state index contributed by atoms with van der Waals surface area (Å²) in [5.74, 6) is 0. The smallest absolute Gasteiger partial charge is 0.0645 e. The minimum atomic E-state index is -0.127. The lowest BCUT2D eigenvalue weighted by molar-refractivity contribution is 0.869. The van der Waals surface area contributed by atoms with Crippen molar-refractivity contribution < 1.29 is 5.48 Å². The van der Waals surface area contributed by atoms with Crippen molar-refractivity contribution in [3.8, 4) is 55.6 Å². The van der Waals surface area contributed by atoms with Crippen molar-refractivity contribution in [1.82, 2.24) is 4.57 Å². The first-order chi connectivity index (χ1) is 32.9. The fraction of sp³-hybridized carbons (Fsp3) is 0.0164. The molecule has 2 nitrogen and oxygen atoms in total. The Bertz CT molecular complexity index is 3540. The van der Waals surface area contributed by atoms with Crippen molar-refractivity contribution in [2.24, 2.45) is 0 Å². The standard InChI is InChI=1S/C61H44N2/c1-5-17-45(18-6-1)47-28-33-53(34-29-47)63(55-37-38-56(49-21-9-3-10-22-49)58(42-55)50-23-11-4-12-24-50)54-35-30-48(31-36-54)52-32-39-61-59(41-52)57-26-13-14-27-60(57)62(61)43-44-16-15-25-51(40-44)46-19-7-2-8-20-46/h1-42H,43H2/i30D,31D,35D,36D. The summed E-state index contributed by atoms with van der Waals surface area (Å²) in [4.78, 5) is 1.88. The Kier molecular flexibility index (Phi) is 8.88. The third-order valence-corrected chi connectivity index (χ3v) is 11.9. The van der Waals surface area contributed by atoms with E-state index < -0.39 is 0 Å². The van der Waals surface area contributed by atoms with Crippen LogP contribution >= 0.6 is 0 Å². The van der Waals surface area contributed by atoms with E-state index in [-0.39, 0.29) is 35.4 Å². The molecule has 0 unspecified atom stereocenters.